The van der Waals surface area contributed by atoms with Gasteiger partial charge in [0, 0.05) is 16.6 Å². The second kappa shape index (κ2) is 7.92. The number of anilines is 1. The Morgan fingerprint density at radius 3 is 2.81 bits per heavy atom. The maximum atomic E-state index is 12.1. The molecule has 4 nitrogen and oxygen atoms in total. The first-order chi connectivity index (χ1) is 10.2. The van der Waals surface area contributed by atoms with Gasteiger partial charge in [-0.25, -0.2) is 4.79 Å². The molecular formula is C16H20ClN3O. The summed E-state index contributed by atoms with van der Waals surface area (Å²) in [5.74, 6) is 5.70. The van der Waals surface area contributed by atoms with E-state index in [9.17, 15) is 4.79 Å². The highest BCUT2D eigenvalue weighted by atomic mass is 35.5. The van der Waals surface area contributed by atoms with Gasteiger partial charge in [0.2, 0.25) is 0 Å². The number of urea groups is 1. The fourth-order valence-corrected chi connectivity index (χ4v) is 2.64. The van der Waals surface area contributed by atoms with Crippen molar-refractivity contribution in [1.82, 2.24) is 5.32 Å². The van der Waals surface area contributed by atoms with Crippen LogP contribution < -0.4 is 16.4 Å². The molecule has 0 unspecified atom stereocenters. The zero-order chi connectivity index (χ0) is 15.1. The maximum absolute atomic E-state index is 12.1. The van der Waals surface area contributed by atoms with Gasteiger partial charge in [-0.15, -0.1) is 0 Å². The van der Waals surface area contributed by atoms with Gasteiger partial charge in [0.25, 0.3) is 0 Å². The van der Waals surface area contributed by atoms with Gasteiger partial charge in [-0.3, -0.25) is 0 Å². The van der Waals surface area contributed by atoms with E-state index in [4.69, 9.17) is 17.3 Å². The summed E-state index contributed by atoms with van der Waals surface area (Å²) in [6.07, 6.45) is 5.72. The van der Waals surface area contributed by atoms with Crippen LogP contribution in [0.25, 0.3) is 0 Å². The second-order valence-corrected chi connectivity index (χ2v) is 5.57. The number of hydrogen-bond donors (Lipinski definition) is 3. The van der Waals surface area contributed by atoms with Crippen LogP contribution in [0, 0.1) is 11.8 Å². The molecule has 0 aliphatic heterocycles. The Hall–Kier alpha value is -1.70. The van der Waals surface area contributed by atoms with E-state index < -0.39 is 0 Å². The molecule has 21 heavy (non-hydrogen) atoms. The normalized spacial score (nSPS) is 15.0. The molecule has 0 bridgehead atoms. The van der Waals surface area contributed by atoms with Crippen LogP contribution in [-0.2, 0) is 0 Å². The lowest BCUT2D eigenvalue weighted by Crippen LogP contribution is -2.39. The number of hydrogen-bond acceptors (Lipinski definition) is 2. The molecule has 0 atom stereocenters. The molecule has 112 valence electrons. The molecule has 4 N–H and O–H groups in total. The van der Waals surface area contributed by atoms with E-state index in [0.717, 1.165) is 12.8 Å². The van der Waals surface area contributed by atoms with Crippen LogP contribution >= 0.6 is 11.6 Å². The van der Waals surface area contributed by atoms with Crippen molar-refractivity contribution in [3.05, 3.63) is 28.8 Å². The topological polar surface area (TPSA) is 67.1 Å². The lowest BCUT2D eigenvalue weighted by Gasteiger charge is -2.23. The van der Waals surface area contributed by atoms with Crippen molar-refractivity contribution in [1.29, 1.82) is 0 Å². The fraction of sp³-hybridized carbons (Fsp3) is 0.438. The summed E-state index contributed by atoms with van der Waals surface area (Å²) in [4.78, 5) is 12.1. The minimum absolute atomic E-state index is 0.194. The highest BCUT2D eigenvalue weighted by Crippen LogP contribution is 2.21. The van der Waals surface area contributed by atoms with Crippen LogP contribution in [0.3, 0.4) is 0 Å². The maximum Gasteiger partial charge on any atom is 0.319 e. The lowest BCUT2D eigenvalue weighted by atomic mass is 9.96. The third kappa shape index (κ3) is 4.96. The molecule has 2 rings (SSSR count). The summed E-state index contributed by atoms with van der Waals surface area (Å²) in [6, 6.07) is 5.28. The molecule has 1 aromatic rings. The average molecular weight is 306 g/mol. The van der Waals surface area contributed by atoms with Gasteiger partial charge in [0.15, 0.2) is 0 Å². The van der Waals surface area contributed by atoms with Crippen LogP contribution in [0.1, 0.15) is 37.7 Å². The third-order valence-electron chi connectivity index (χ3n) is 3.50. The second-order valence-electron chi connectivity index (χ2n) is 5.13. The SMILES string of the molecule is NCC#Cc1cc(Cl)ccc1NC(=O)NC1CCCCC1. The van der Waals surface area contributed by atoms with Gasteiger partial charge in [-0.1, -0.05) is 42.7 Å². The molecule has 5 heteroatoms. The number of rotatable bonds is 2. The van der Waals surface area contributed by atoms with Crippen LogP contribution in [0.4, 0.5) is 10.5 Å². The highest BCUT2D eigenvalue weighted by molar-refractivity contribution is 6.30. The quantitative estimate of drug-likeness (QED) is 0.735. The monoisotopic (exact) mass is 305 g/mol. The van der Waals surface area contributed by atoms with E-state index in [2.05, 4.69) is 22.5 Å². The number of benzene rings is 1. The van der Waals surface area contributed by atoms with Crippen molar-refractivity contribution in [2.24, 2.45) is 5.73 Å². The van der Waals surface area contributed by atoms with E-state index >= 15 is 0 Å². The number of amides is 2. The molecule has 1 aliphatic carbocycles. The van der Waals surface area contributed by atoms with Gasteiger partial charge >= 0.3 is 6.03 Å². The number of nitrogens with one attached hydrogen (secondary N) is 2. The van der Waals surface area contributed by atoms with Crippen molar-refractivity contribution >= 4 is 23.3 Å². The smallest absolute Gasteiger partial charge is 0.319 e. The first-order valence-corrected chi connectivity index (χ1v) is 7.63. The first kappa shape index (κ1) is 15.7. The van der Waals surface area contributed by atoms with Gasteiger partial charge in [-0.05, 0) is 31.0 Å². The molecular weight excluding hydrogens is 286 g/mol. The first-order valence-electron chi connectivity index (χ1n) is 7.25. The van der Waals surface area contributed by atoms with Gasteiger partial charge < -0.3 is 16.4 Å². The van der Waals surface area contributed by atoms with Crippen molar-refractivity contribution in [2.45, 2.75) is 38.1 Å². The van der Waals surface area contributed by atoms with Gasteiger partial charge in [0.1, 0.15) is 0 Å². The minimum Gasteiger partial charge on any atom is -0.335 e. The third-order valence-corrected chi connectivity index (χ3v) is 3.73. The Morgan fingerprint density at radius 2 is 2.10 bits per heavy atom. The summed E-state index contributed by atoms with van der Waals surface area (Å²) in [7, 11) is 0. The zero-order valence-electron chi connectivity index (χ0n) is 11.9. The Kier molecular flexibility index (Phi) is 5.91. The van der Waals surface area contributed by atoms with Crippen molar-refractivity contribution < 1.29 is 4.79 Å². The fourth-order valence-electron chi connectivity index (χ4n) is 2.47. The molecule has 1 aliphatic rings. The average Bonchev–Trinajstić information content (AvgIpc) is 2.48. The Labute approximate surface area is 130 Å². The predicted molar refractivity (Wildman–Crippen MR) is 86.4 cm³/mol. The predicted octanol–water partition coefficient (Wildman–Crippen LogP) is 3.10. The molecule has 0 spiro atoms. The Morgan fingerprint density at radius 1 is 1.33 bits per heavy atom. The lowest BCUT2D eigenvalue weighted by molar-refractivity contribution is 0.244. The van der Waals surface area contributed by atoms with Crippen LogP contribution in [0.2, 0.25) is 5.02 Å². The molecule has 0 radical (unpaired) electrons. The Balaban J connectivity index is 2.02. The summed E-state index contributed by atoms with van der Waals surface area (Å²) >= 11 is 5.96. The summed E-state index contributed by atoms with van der Waals surface area (Å²) in [5, 5.41) is 6.43. The summed E-state index contributed by atoms with van der Waals surface area (Å²) in [5.41, 5.74) is 6.70. The minimum atomic E-state index is -0.194. The molecule has 1 fully saturated rings. The zero-order valence-corrected chi connectivity index (χ0v) is 12.7. The van der Waals surface area contributed by atoms with Crippen LogP contribution in [0.5, 0.6) is 0 Å². The number of nitrogens with two attached hydrogens (primary N) is 1. The van der Waals surface area contributed by atoms with Crippen LogP contribution in [0.15, 0.2) is 18.2 Å². The van der Waals surface area contributed by atoms with E-state index in [0.29, 0.717) is 16.3 Å². The number of carbonyl (C=O) groups is 1. The van der Waals surface area contributed by atoms with Crippen molar-refractivity contribution in [3.8, 4) is 11.8 Å². The number of carbonyl (C=O) groups excluding carboxylic acids is 1. The summed E-state index contributed by atoms with van der Waals surface area (Å²) < 4.78 is 0. The molecule has 0 saturated heterocycles. The molecule has 1 saturated carbocycles. The standard InChI is InChI=1S/C16H20ClN3O/c17-13-8-9-15(12(11-13)5-4-10-18)20-16(21)19-14-6-2-1-3-7-14/h8-9,11,14H,1-3,6-7,10,18H2,(H2,19,20,21). The molecule has 2 amide bonds. The van der Waals surface area contributed by atoms with E-state index in [1.807, 2.05) is 0 Å². The van der Waals surface area contributed by atoms with E-state index in [1.165, 1.54) is 19.3 Å². The molecule has 0 heterocycles. The molecule has 0 aromatic heterocycles. The van der Waals surface area contributed by atoms with E-state index in [1.54, 1.807) is 18.2 Å². The van der Waals surface area contributed by atoms with Crippen molar-refractivity contribution in [2.75, 3.05) is 11.9 Å². The van der Waals surface area contributed by atoms with E-state index in [-0.39, 0.29) is 18.6 Å². The largest absolute Gasteiger partial charge is 0.335 e. The van der Waals surface area contributed by atoms with Gasteiger partial charge in [-0.2, -0.15) is 0 Å². The number of halogens is 1. The van der Waals surface area contributed by atoms with Gasteiger partial charge in [0.05, 0.1) is 12.2 Å². The molecule has 1 aromatic carbocycles. The van der Waals surface area contributed by atoms with Crippen molar-refractivity contribution in [3.63, 3.8) is 0 Å². The van der Waals surface area contributed by atoms with Crippen LogP contribution in [-0.4, -0.2) is 18.6 Å². The summed E-state index contributed by atoms with van der Waals surface area (Å²) in [6.45, 7) is 0.264. The highest BCUT2D eigenvalue weighted by Gasteiger charge is 2.16. The Bertz CT molecular complexity index is 556.